The average molecular weight is 315 g/mol. The molecule has 0 heterocycles. The third-order valence-electron chi connectivity index (χ3n) is 8.51. The Morgan fingerprint density at radius 3 is 2.61 bits per heavy atom. The molecule has 0 saturated heterocycles. The van der Waals surface area contributed by atoms with E-state index in [9.17, 15) is 5.11 Å². The van der Waals surface area contributed by atoms with Gasteiger partial charge in [-0.25, -0.2) is 0 Å². The first kappa shape index (κ1) is 15.9. The molecular formula is C22H34O. The summed E-state index contributed by atoms with van der Waals surface area (Å²) in [6, 6.07) is 0. The lowest BCUT2D eigenvalue weighted by Crippen LogP contribution is -2.50. The van der Waals surface area contributed by atoms with E-state index in [1.165, 1.54) is 38.5 Å². The summed E-state index contributed by atoms with van der Waals surface area (Å²) in [5.41, 5.74) is 3.89. The fourth-order valence-electron chi connectivity index (χ4n) is 7.03. The van der Waals surface area contributed by atoms with Gasteiger partial charge in [0.2, 0.25) is 0 Å². The van der Waals surface area contributed by atoms with Crippen molar-refractivity contribution in [3.63, 3.8) is 0 Å². The van der Waals surface area contributed by atoms with Crippen molar-refractivity contribution in [2.24, 2.45) is 28.6 Å². The summed E-state index contributed by atoms with van der Waals surface area (Å²) in [5.74, 6) is 2.38. The van der Waals surface area contributed by atoms with Crippen molar-refractivity contribution in [3.05, 3.63) is 23.3 Å². The van der Waals surface area contributed by atoms with Gasteiger partial charge in [-0.1, -0.05) is 37.1 Å². The highest BCUT2D eigenvalue weighted by Crippen LogP contribution is 2.65. The lowest BCUT2D eigenvalue weighted by atomic mass is 9.48. The van der Waals surface area contributed by atoms with Crippen LogP contribution < -0.4 is 0 Å². The smallest absolute Gasteiger partial charge is 0.0623 e. The van der Waals surface area contributed by atoms with Crippen molar-refractivity contribution < 1.29 is 5.11 Å². The Morgan fingerprint density at radius 2 is 1.87 bits per heavy atom. The highest BCUT2D eigenvalue weighted by molar-refractivity contribution is 5.34. The number of hydrogen-bond donors (Lipinski definition) is 1. The van der Waals surface area contributed by atoms with Crippen molar-refractivity contribution in [1.82, 2.24) is 0 Å². The van der Waals surface area contributed by atoms with E-state index in [2.05, 4.69) is 39.8 Å². The maximum absolute atomic E-state index is 10.6. The molecule has 0 aromatic heterocycles. The average Bonchev–Trinajstić information content (AvgIpc) is 2.84. The van der Waals surface area contributed by atoms with Crippen LogP contribution >= 0.6 is 0 Å². The number of fused-ring (bicyclic) bond motifs is 5. The van der Waals surface area contributed by atoms with Gasteiger partial charge in [0.05, 0.1) is 5.60 Å². The zero-order valence-corrected chi connectivity index (χ0v) is 15.5. The molecule has 1 nitrogen and oxygen atoms in total. The first-order chi connectivity index (χ1) is 10.8. The lowest BCUT2D eigenvalue weighted by Gasteiger charge is -2.57. The largest absolute Gasteiger partial charge is 0.390 e. The van der Waals surface area contributed by atoms with Gasteiger partial charge in [-0.2, -0.15) is 0 Å². The lowest BCUT2D eigenvalue weighted by molar-refractivity contribution is -0.0613. The minimum Gasteiger partial charge on any atom is -0.390 e. The quantitative estimate of drug-likeness (QED) is 0.573. The Balaban J connectivity index is 1.70. The third kappa shape index (κ3) is 2.15. The second-order valence-electron chi connectivity index (χ2n) is 9.74. The van der Waals surface area contributed by atoms with Crippen molar-refractivity contribution in [3.8, 4) is 0 Å². The summed E-state index contributed by atoms with van der Waals surface area (Å²) in [4.78, 5) is 0. The minimum atomic E-state index is -0.424. The van der Waals surface area contributed by atoms with Crippen LogP contribution in [0.2, 0.25) is 0 Å². The van der Waals surface area contributed by atoms with Crippen LogP contribution in [0.1, 0.15) is 79.1 Å². The highest BCUT2D eigenvalue weighted by Gasteiger charge is 2.56. The fraction of sp³-hybridized carbons (Fsp3) is 0.818. The predicted octanol–water partition coefficient (Wildman–Crippen LogP) is 5.65. The van der Waals surface area contributed by atoms with Crippen LogP contribution in [0, 0.1) is 28.6 Å². The number of rotatable bonds is 0. The molecule has 0 amide bonds. The van der Waals surface area contributed by atoms with E-state index in [4.69, 9.17) is 0 Å². The molecule has 0 radical (unpaired) electrons. The summed E-state index contributed by atoms with van der Waals surface area (Å²) < 4.78 is 0. The van der Waals surface area contributed by atoms with Gasteiger partial charge in [0.1, 0.15) is 0 Å². The van der Waals surface area contributed by atoms with Gasteiger partial charge in [-0.15, -0.1) is 0 Å². The van der Waals surface area contributed by atoms with Gasteiger partial charge in [-0.05, 0) is 93.8 Å². The Kier molecular flexibility index (Phi) is 3.45. The molecular weight excluding hydrogens is 280 g/mol. The van der Waals surface area contributed by atoms with Crippen LogP contribution in [-0.4, -0.2) is 10.7 Å². The molecule has 4 aliphatic carbocycles. The summed E-state index contributed by atoms with van der Waals surface area (Å²) in [6.45, 7) is 9.36. The molecule has 0 aliphatic heterocycles. The van der Waals surface area contributed by atoms with Gasteiger partial charge >= 0.3 is 0 Å². The molecule has 0 aromatic rings. The van der Waals surface area contributed by atoms with Crippen molar-refractivity contribution in [2.75, 3.05) is 0 Å². The molecule has 6 atom stereocenters. The van der Waals surface area contributed by atoms with E-state index in [1.807, 2.05) is 0 Å². The van der Waals surface area contributed by atoms with Gasteiger partial charge < -0.3 is 5.11 Å². The maximum atomic E-state index is 10.6. The first-order valence-electron chi connectivity index (χ1n) is 9.89. The van der Waals surface area contributed by atoms with Crippen LogP contribution in [0.4, 0.5) is 0 Å². The van der Waals surface area contributed by atoms with E-state index in [0.29, 0.717) is 16.7 Å². The Bertz CT molecular complexity index is 569. The van der Waals surface area contributed by atoms with Crippen molar-refractivity contribution in [2.45, 2.75) is 84.7 Å². The zero-order chi connectivity index (χ0) is 16.5. The molecule has 3 saturated carbocycles. The Morgan fingerprint density at radius 1 is 1.09 bits per heavy atom. The number of aliphatic hydroxyl groups is 1. The summed E-state index contributed by atoms with van der Waals surface area (Å²) in [7, 11) is 0. The monoisotopic (exact) mass is 314 g/mol. The standard InChI is InChI=1S/C22H34O/c1-5-15-7-9-18-17-8-6-16-14-20(2,23)12-13-22(16,4)19(17)10-11-21(15,18)3/h5,10,16-18,23H,6-9,11-14H2,1-4H3/b15-5-/t16-,17-,18-,20+,21+,22-/m0/s1. The topological polar surface area (TPSA) is 20.2 Å². The summed E-state index contributed by atoms with van der Waals surface area (Å²) in [6.07, 6.45) is 14.9. The molecule has 4 aliphatic rings. The van der Waals surface area contributed by atoms with Crippen LogP contribution in [0.5, 0.6) is 0 Å². The van der Waals surface area contributed by atoms with Crippen LogP contribution in [0.3, 0.4) is 0 Å². The first-order valence-corrected chi connectivity index (χ1v) is 9.89. The predicted molar refractivity (Wildman–Crippen MR) is 96.1 cm³/mol. The number of hydrogen-bond acceptors (Lipinski definition) is 1. The van der Waals surface area contributed by atoms with Crippen molar-refractivity contribution in [1.29, 1.82) is 0 Å². The maximum Gasteiger partial charge on any atom is 0.0623 e. The fourth-order valence-corrected chi connectivity index (χ4v) is 7.03. The highest BCUT2D eigenvalue weighted by atomic mass is 16.3. The molecule has 23 heavy (non-hydrogen) atoms. The van der Waals surface area contributed by atoms with Crippen molar-refractivity contribution >= 4 is 0 Å². The molecule has 3 fully saturated rings. The molecule has 4 rings (SSSR count). The van der Waals surface area contributed by atoms with Crippen LogP contribution in [0.25, 0.3) is 0 Å². The van der Waals surface area contributed by atoms with E-state index in [1.54, 1.807) is 11.1 Å². The minimum absolute atomic E-state index is 0.366. The van der Waals surface area contributed by atoms with E-state index >= 15 is 0 Å². The zero-order valence-electron chi connectivity index (χ0n) is 15.5. The third-order valence-corrected chi connectivity index (χ3v) is 8.51. The Labute approximate surface area is 142 Å². The van der Waals surface area contributed by atoms with E-state index in [0.717, 1.165) is 24.7 Å². The van der Waals surface area contributed by atoms with Gasteiger partial charge in [0.25, 0.3) is 0 Å². The molecule has 0 unspecified atom stereocenters. The molecule has 1 N–H and O–H groups in total. The van der Waals surface area contributed by atoms with E-state index < -0.39 is 5.60 Å². The second-order valence-corrected chi connectivity index (χ2v) is 9.74. The Hall–Kier alpha value is -0.560. The van der Waals surface area contributed by atoms with Crippen LogP contribution in [0.15, 0.2) is 23.3 Å². The molecule has 0 aromatic carbocycles. The number of allylic oxidation sites excluding steroid dienone is 4. The molecule has 0 spiro atoms. The summed E-state index contributed by atoms with van der Waals surface area (Å²) in [5, 5.41) is 10.6. The van der Waals surface area contributed by atoms with Crippen LogP contribution in [-0.2, 0) is 0 Å². The normalized spacial score (nSPS) is 54.2. The van der Waals surface area contributed by atoms with Gasteiger partial charge in [0.15, 0.2) is 0 Å². The second kappa shape index (κ2) is 4.97. The summed E-state index contributed by atoms with van der Waals surface area (Å²) >= 11 is 0. The molecule has 1 heteroatoms. The SMILES string of the molecule is C/C=C1/CC[C@H]2[C@@H]3CC[C@H]4C[C@](C)(O)CC[C@]4(C)C3=CC[C@]12C. The van der Waals surface area contributed by atoms with Gasteiger partial charge in [-0.3, -0.25) is 0 Å². The molecule has 0 bridgehead atoms. The molecule has 128 valence electrons. The van der Waals surface area contributed by atoms with Gasteiger partial charge in [0, 0.05) is 0 Å². The van der Waals surface area contributed by atoms with E-state index in [-0.39, 0.29) is 0 Å².